The van der Waals surface area contributed by atoms with Gasteiger partial charge in [0.1, 0.15) is 23.4 Å². The van der Waals surface area contributed by atoms with E-state index in [9.17, 15) is 15.5 Å². The van der Waals surface area contributed by atoms with Gasteiger partial charge in [-0.3, -0.25) is 4.57 Å². The molecule has 0 amide bonds. The van der Waals surface area contributed by atoms with Crippen molar-refractivity contribution in [2.45, 2.75) is 25.4 Å². The van der Waals surface area contributed by atoms with Gasteiger partial charge < -0.3 is 25.9 Å². The Hall–Kier alpha value is -2.15. The Morgan fingerprint density at radius 1 is 1.70 bits per heavy atom. The maximum absolute atomic E-state index is 10.1. The number of aliphatic hydroxyl groups is 2. The van der Waals surface area contributed by atoms with Crippen LogP contribution in [0, 0.1) is 16.7 Å². The Kier molecular flexibility index (Phi) is 3.63. The highest BCUT2D eigenvalue weighted by Gasteiger charge is 2.54. The van der Waals surface area contributed by atoms with Crippen molar-refractivity contribution in [1.82, 2.24) is 9.55 Å². The molecule has 0 spiro atoms. The van der Waals surface area contributed by atoms with E-state index in [-0.39, 0.29) is 11.4 Å². The lowest BCUT2D eigenvalue weighted by Crippen LogP contribution is -2.40. The second-order valence-electron chi connectivity index (χ2n) is 4.71. The van der Waals surface area contributed by atoms with Crippen LogP contribution in [0.2, 0.25) is 0 Å². The van der Waals surface area contributed by atoms with Crippen molar-refractivity contribution < 1.29 is 20.2 Å². The molecule has 2 heterocycles. The van der Waals surface area contributed by atoms with E-state index < -0.39 is 30.5 Å². The van der Waals surface area contributed by atoms with Crippen molar-refractivity contribution in [3.05, 3.63) is 17.9 Å². The van der Waals surface area contributed by atoms with Gasteiger partial charge in [0.05, 0.1) is 12.7 Å². The van der Waals surface area contributed by atoms with Crippen molar-refractivity contribution in [3.8, 4) is 6.07 Å². The average Bonchev–Trinajstić information content (AvgIpc) is 2.72. The number of ether oxygens (including phenoxy) is 1. The van der Waals surface area contributed by atoms with Crippen LogP contribution >= 0.6 is 0 Å². The molecule has 0 aromatic carbocycles. The summed E-state index contributed by atoms with van der Waals surface area (Å²) in [4.78, 5) is 3.80. The third-order valence-corrected chi connectivity index (χ3v) is 3.41. The van der Waals surface area contributed by atoms with Crippen LogP contribution in [0.4, 0.5) is 5.82 Å². The first-order chi connectivity index (χ1) is 9.47. The summed E-state index contributed by atoms with van der Waals surface area (Å²) in [6.45, 7) is 1.05. The van der Waals surface area contributed by atoms with Crippen LogP contribution in [-0.2, 0) is 4.74 Å². The van der Waals surface area contributed by atoms with Crippen LogP contribution in [0.25, 0.3) is 0 Å². The topological polar surface area (TPSA) is 150 Å². The Morgan fingerprint density at radius 2 is 2.40 bits per heavy atom. The molecule has 108 valence electrons. The Morgan fingerprint density at radius 3 is 2.95 bits per heavy atom. The molecule has 1 fully saturated rings. The molecule has 0 bridgehead atoms. The number of hydrogen-bond donors (Lipinski definition) is 4. The minimum absolute atomic E-state index is 0.130. The summed E-state index contributed by atoms with van der Waals surface area (Å²) < 4.78 is 6.76. The molecule has 2 rings (SSSR count). The van der Waals surface area contributed by atoms with Crippen LogP contribution in [-0.4, -0.2) is 43.8 Å². The normalized spacial score (nSPS) is 34.1. The van der Waals surface area contributed by atoms with Crippen molar-refractivity contribution >= 4 is 5.82 Å². The first-order valence-corrected chi connectivity index (χ1v) is 5.86. The molecular weight excluding hydrogens is 266 g/mol. The second-order valence-corrected chi connectivity index (χ2v) is 4.71. The summed E-state index contributed by atoms with van der Waals surface area (Å²) in [6, 6.07) is 3.42. The molecule has 9 heteroatoms. The number of anilines is 1. The fraction of sp³-hybridized carbons (Fsp3) is 0.545. The van der Waals surface area contributed by atoms with Gasteiger partial charge in [-0.2, -0.15) is 10.2 Å². The quantitative estimate of drug-likeness (QED) is 0.382. The molecular formula is C11H15N5O4. The summed E-state index contributed by atoms with van der Waals surface area (Å²) >= 11 is 0. The predicted molar refractivity (Wildman–Crippen MR) is 64.7 cm³/mol. The molecule has 5 N–H and O–H groups in total. The lowest BCUT2D eigenvalue weighted by atomic mass is 9.84. The number of nitriles is 1. The molecule has 1 aliphatic heterocycles. The maximum Gasteiger partial charge on any atom is 0.270 e. The Bertz CT molecular complexity index is 610. The molecule has 20 heavy (non-hydrogen) atoms. The fourth-order valence-electron chi connectivity index (χ4n) is 2.22. The highest BCUT2D eigenvalue weighted by molar-refractivity contribution is 5.24. The molecule has 1 aliphatic rings. The van der Waals surface area contributed by atoms with Gasteiger partial charge in [0.25, 0.3) is 5.62 Å². The standard InChI is InChI=1S/C11H15N5O4/c1-11(5-12)8(18)6(4-17)20-9(11)16-3-2-7(13)14-10(16)15-19/h2-3,6,8-9,17-19H,4H2,1H3,(H2,13,14,15)/t6-,8-,9-,11-/m1/s1. The molecule has 0 unspecified atom stereocenters. The van der Waals surface area contributed by atoms with E-state index in [0.717, 1.165) is 0 Å². The Balaban J connectivity index is 2.55. The summed E-state index contributed by atoms with van der Waals surface area (Å²) in [5.74, 6) is 0.130. The van der Waals surface area contributed by atoms with E-state index in [4.69, 9.17) is 15.7 Å². The Labute approximate surface area is 114 Å². The minimum atomic E-state index is -1.34. The number of aliphatic hydroxyl groups excluding tert-OH is 2. The zero-order valence-electron chi connectivity index (χ0n) is 10.7. The van der Waals surface area contributed by atoms with Gasteiger partial charge in [0, 0.05) is 6.20 Å². The number of nitrogens with zero attached hydrogens (tertiary/aromatic N) is 4. The second kappa shape index (κ2) is 5.09. The van der Waals surface area contributed by atoms with Crippen molar-refractivity contribution in [2.75, 3.05) is 12.3 Å². The van der Waals surface area contributed by atoms with Gasteiger partial charge >= 0.3 is 0 Å². The lowest BCUT2D eigenvalue weighted by molar-refractivity contribution is -0.0513. The average molecular weight is 281 g/mol. The number of aromatic nitrogens is 2. The van der Waals surface area contributed by atoms with Crippen LogP contribution in [0.1, 0.15) is 13.2 Å². The van der Waals surface area contributed by atoms with Gasteiger partial charge in [-0.15, -0.1) is 0 Å². The lowest BCUT2D eigenvalue weighted by Gasteiger charge is -2.26. The molecule has 4 atom stereocenters. The van der Waals surface area contributed by atoms with Gasteiger partial charge in [-0.25, -0.2) is 0 Å². The number of nitrogens with two attached hydrogens (primary N) is 1. The molecule has 9 nitrogen and oxygen atoms in total. The monoisotopic (exact) mass is 281 g/mol. The summed E-state index contributed by atoms with van der Waals surface area (Å²) in [6.07, 6.45) is -1.65. The number of nitrogen functional groups attached to an aromatic ring is 1. The SMILES string of the molecule is C[C@@]1(C#N)[C@H](O)[C@@H](CO)O[C@H]1n1ccc(N)n/c1=N\O. The largest absolute Gasteiger partial charge is 0.408 e. The maximum atomic E-state index is 10.1. The molecule has 0 radical (unpaired) electrons. The molecule has 1 saturated heterocycles. The number of hydrogen-bond acceptors (Lipinski definition) is 8. The van der Waals surface area contributed by atoms with E-state index >= 15 is 0 Å². The van der Waals surface area contributed by atoms with Gasteiger partial charge in [0.15, 0.2) is 6.23 Å². The van der Waals surface area contributed by atoms with Crippen LogP contribution in [0.5, 0.6) is 0 Å². The fourth-order valence-corrected chi connectivity index (χ4v) is 2.22. The van der Waals surface area contributed by atoms with Crippen molar-refractivity contribution in [3.63, 3.8) is 0 Å². The third kappa shape index (κ3) is 2.00. The summed E-state index contributed by atoms with van der Waals surface area (Å²) in [5, 5.41) is 40.6. The first-order valence-electron chi connectivity index (χ1n) is 5.86. The van der Waals surface area contributed by atoms with E-state index in [1.807, 2.05) is 6.07 Å². The number of rotatable bonds is 2. The van der Waals surface area contributed by atoms with E-state index in [0.29, 0.717) is 0 Å². The molecule has 1 aromatic rings. The summed E-state index contributed by atoms with van der Waals surface area (Å²) in [7, 11) is 0. The van der Waals surface area contributed by atoms with E-state index in [1.54, 1.807) is 0 Å². The van der Waals surface area contributed by atoms with Crippen LogP contribution in [0.15, 0.2) is 17.4 Å². The minimum Gasteiger partial charge on any atom is -0.408 e. The first kappa shape index (κ1) is 14.3. The smallest absolute Gasteiger partial charge is 0.270 e. The van der Waals surface area contributed by atoms with Crippen molar-refractivity contribution in [2.24, 2.45) is 10.6 Å². The van der Waals surface area contributed by atoms with Crippen molar-refractivity contribution in [1.29, 1.82) is 5.26 Å². The zero-order valence-corrected chi connectivity index (χ0v) is 10.7. The third-order valence-electron chi connectivity index (χ3n) is 3.41. The van der Waals surface area contributed by atoms with E-state index in [1.165, 1.54) is 23.8 Å². The zero-order chi connectivity index (χ0) is 14.9. The van der Waals surface area contributed by atoms with Crippen LogP contribution < -0.4 is 11.4 Å². The molecule has 1 aromatic heterocycles. The highest BCUT2D eigenvalue weighted by atomic mass is 16.5. The van der Waals surface area contributed by atoms with E-state index in [2.05, 4.69) is 10.1 Å². The highest BCUT2D eigenvalue weighted by Crippen LogP contribution is 2.44. The molecule has 0 saturated carbocycles. The summed E-state index contributed by atoms with van der Waals surface area (Å²) in [5.41, 5.74) is 3.99. The van der Waals surface area contributed by atoms with Crippen LogP contribution in [0.3, 0.4) is 0 Å². The van der Waals surface area contributed by atoms with Gasteiger partial charge in [0.2, 0.25) is 0 Å². The molecule has 0 aliphatic carbocycles. The van der Waals surface area contributed by atoms with Gasteiger partial charge in [-0.1, -0.05) is 0 Å². The van der Waals surface area contributed by atoms with Gasteiger partial charge in [-0.05, 0) is 18.1 Å². The predicted octanol–water partition coefficient (Wildman–Crippen LogP) is -1.46.